The number of carbonyl (C=O) groups excluding carboxylic acids is 2. The van der Waals surface area contributed by atoms with Gasteiger partial charge in [0.15, 0.2) is 12.3 Å². The predicted molar refractivity (Wildman–Crippen MR) is 91.4 cm³/mol. The second kappa shape index (κ2) is 7.92. The average molecular weight is 342 g/mol. The van der Waals surface area contributed by atoms with Crippen molar-refractivity contribution in [3.8, 4) is 5.69 Å². The first-order chi connectivity index (χ1) is 12.1. The summed E-state index contributed by atoms with van der Waals surface area (Å²) in [6.45, 7) is 2.91. The van der Waals surface area contributed by atoms with E-state index in [2.05, 4.69) is 10.2 Å². The maximum atomic E-state index is 12.3. The third kappa shape index (κ3) is 4.23. The number of likely N-dealkylation sites (tertiary alicyclic amines) is 1. The van der Waals surface area contributed by atoms with Crippen molar-refractivity contribution in [2.24, 2.45) is 0 Å². The average Bonchev–Trinajstić information content (AvgIpc) is 2.85. The first kappa shape index (κ1) is 17.1. The summed E-state index contributed by atoms with van der Waals surface area (Å²) in [5, 5.41) is 8.43. The number of carbonyl (C=O) groups is 2. The van der Waals surface area contributed by atoms with Gasteiger partial charge in [-0.15, -0.1) is 5.10 Å². The topological polar surface area (TPSA) is 77.3 Å². The molecule has 7 heteroatoms. The SMILES string of the molecule is Cc1nn(-c2ccccc2)nc1C(=O)OCC(=O)N1CCCCCC1. The number of hydrogen-bond donors (Lipinski definition) is 0. The summed E-state index contributed by atoms with van der Waals surface area (Å²) in [7, 11) is 0. The van der Waals surface area contributed by atoms with Gasteiger partial charge in [0.1, 0.15) is 0 Å². The molecule has 2 heterocycles. The van der Waals surface area contributed by atoms with Crippen LogP contribution in [0.5, 0.6) is 0 Å². The van der Waals surface area contributed by atoms with Crippen LogP contribution in [0, 0.1) is 6.92 Å². The zero-order chi connectivity index (χ0) is 17.6. The van der Waals surface area contributed by atoms with Gasteiger partial charge in [-0.3, -0.25) is 4.79 Å². The van der Waals surface area contributed by atoms with Gasteiger partial charge in [-0.25, -0.2) is 4.79 Å². The summed E-state index contributed by atoms with van der Waals surface area (Å²) in [6.07, 6.45) is 4.30. The second-order valence-electron chi connectivity index (χ2n) is 6.13. The maximum absolute atomic E-state index is 12.3. The van der Waals surface area contributed by atoms with Crippen LogP contribution in [-0.2, 0) is 9.53 Å². The normalized spacial score (nSPS) is 14.8. The molecule has 1 saturated heterocycles. The third-order valence-electron chi connectivity index (χ3n) is 4.25. The van der Waals surface area contributed by atoms with E-state index >= 15 is 0 Å². The van der Waals surface area contributed by atoms with Gasteiger partial charge in [0.05, 0.1) is 11.4 Å². The van der Waals surface area contributed by atoms with Crippen LogP contribution in [-0.4, -0.2) is 51.5 Å². The molecule has 1 aromatic carbocycles. The summed E-state index contributed by atoms with van der Waals surface area (Å²) < 4.78 is 5.17. The Morgan fingerprint density at radius 1 is 1.04 bits per heavy atom. The number of amides is 1. The van der Waals surface area contributed by atoms with Crippen LogP contribution >= 0.6 is 0 Å². The lowest BCUT2D eigenvalue weighted by molar-refractivity contribution is -0.134. The summed E-state index contributed by atoms with van der Waals surface area (Å²) >= 11 is 0. The molecule has 0 radical (unpaired) electrons. The van der Waals surface area contributed by atoms with E-state index in [1.165, 1.54) is 4.80 Å². The monoisotopic (exact) mass is 342 g/mol. The Balaban J connectivity index is 1.61. The van der Waals surface area contributed by atoms with Crippen LogP contribution < -0.4 is 0 Å². The Hall–Kier alpha value is -2.70. The lowest BCUT2D eigenvalue weighted by Gasteiger charge is -2.19. The molecule has 1 fully saturated rings. The van der Waals surface area contributed by atoms with Crippen molar-refractivity contribution in [2.75, 3.05) is 19.7 Å². The molecule has 0 saturated carbocycles. The fourth-order valence-electron chi connectivity index (χ4n) is 2.85. The molecule has 0 atom stereocenters. The molecular weight excluding hydrogens is 320 g/mol. The highest BCUT2D eigenvalue weighted by molar-refractivity contribution is 5.90. The predicted octanol–water partition coefficient (Wildman–Crippen LogP) is 2.14. The molecule has 7 nitrogen and oxygen atoms in total. The number of aryl methyl sites for hydroxylation is 1. The van der Waals surface area contributed by atoms with Gasteiger partial charge in [0.2, 0.25) is 0 Å². The zero-order valence-corrected chi connectivity index (χ0v) is 14.4. The highest BCUT2D eigenvalue weighted by Gasteiger charge is 2.21. The Kier molecular flexibility index (Phi) is 5.42. The fourth-order valence-corrected chi connectivity index (χ4v) is 2.85. The minimum atomic E-state index is -0.622. The van der Waals surface area contributed by atoms with E-state index in [4.69, 9.17) is 4.74 Å². The summed E-state index contributed by atoms with van der Waals surface area (Å²) in [4.78, 5) is 27.6. The molecule has 0 bridgehead atoms. The number of para-hydroxylation sites is 1. The van der Waals surface area contributed by atoms with Crippen LogP contribution in [0.4, 0.5) is 0 Å². The Morgan fingerprint density at radius 3 is 2.40 bits per heavy atom. The summed E-state index contributed by atoms with van der Waals surface area (Å²) in [5.74, 6) is -0.772. The van der Waals surface area contributed by atoms with Crippen LogP contribution in [0.15, 0.2) is 30.3 Å². The van der Waals surface area contributed by atoms with E-state index < -0.39 is 5.97 Å². The minimum absolute atomic E-state index is 0.132. The first-order valence-corrected chi connectivity index (χ1v) is 8.59. The largest absolute Gasteiger partial charge is 0.451 e. The van der Waals surface area contributed by atoms with Gasteiger partial charge in [-0.2, -0.15) is 9.90 Å². The van der Waals surface area contributed by atoms with Gasteiger partial charge in [0, 0.05) is 13.1 Å². The molecule has 25 heavy (non-hydrogen) atoms. The molecule has 0 unspecified atom stereocenters. The number of nitrogens with zero attached hydrogens (tertiary/aromatic N) is 4. The van der Waals surface area contributed by atoms with E-state index in [9.17, 15) is 9.59 Å². The number of hydrogen-bond acceptors (Lipinski definition) is 5. The van der Waals surface area contributed by atoms with Crippen molar-refractivity contribution < 1.29 is 14.3 Å². The molecule has 0 spiro atoms. The van der Waals surface area contributed by atoms with Crippen LogP contribution in [0.1, 0.15) is 41.9 Å². The maximum Gasteiger partial charge on any atom is 0.361 e. The number of aromatic nitrogens is 3. The van der Waals surface area contributed by atoms with E-state index in [1.807, 2.05) is 30.3 Å². The fraction of sp³-hybridized carbons (Fsp3) is 0.444. The molecule has 1 aliphatic heterocycles. The van der Waals surface area contributed by atoms with Crippen molar-refractivity contribution in [2.45, 2.75) is 32.6 Å². The van der Waals surface area contributed by atoms with E-state index in [0.717, 1.165) is 44.5 Å². The molecule has 1 aromatic heterocycles. The number of ether oxygens (including phenoxy) is 1. The first-order valence-electron chi connectivity index (χ1n) is 8.59. The van der Waals surface area contributed by atoms with Crippen molar-refractivity contribution in [1.82, 2.24) is 19.9 Å². The molecule has 132 valence electrons. The Morgan fingerprint density at radius 2 is 1.72 bits per heavy atom. The summed E-state index contributed by atoms with van der Waals surface area (Å²) in [5.41, 5.74) is 1.36. The third-order valence-corrected chi connectivity index (χ3v) is 4.25. The van der Waals surface area contributed by atoms with Crippen molar-refractivity contribution in [1.29, 1.82) is 0 Å². The smallest absolute Gasteiger partial charge is 0.361 e. The van der Waals surface area contributed by atoms with E-state index in [0.29, 0.717) is 5.69 Å². The quantitative estimate of drug-likeness (QED) is 0.796. The van der Waals surface area contributed by atoms with Gasteiger partial charge in [0.25, 0.3) is 5.91 Å². The molecule has 0 aliphatic carbocycles. The number of esters is 1. The van der Waals surface area contributed by atoms with Crippen LogP contribution in [0.2, 0.25) is 0 Å². The van der Waals surface area contributed by atoms with Gasteiger partial charge in [-0.05, 0) is 31.9 Å². The van der Waals surface area contributed by atoms with Crippen LogP contribution in [0.25, 0.3) is 5.69 Å². The number of rotatable bonds is 4. The standard InChI is InChI=1S/C18H22N4O3/c1-14-17(20-22(19-14)15-9-5-4-6-10-15)18(24)25-13-16(23)21-11-7-2-3-8-12-21/h4-6,9-10H,2-3,7-8,11-13H2,1H3. The second-order valence-corrected chi connectivity index (χ2v) is 6.13. The minimum Gasteiger partial charge on any atom is -0.451 e. The lowest BCUT2D eigenvalue weighted by atomic mass is 10.2. The van der Waals surface area contributed by atoms with Crippen molar-refractivity contribution in [3.63, 3.8) is 0 Å². The van der Waals surface area contributed by atoms with E-state index in [-0.39, 0.29) is 18.2 Å². The van der Waals surface area contributed by atoms with E-state index in [1.54, 1.807) is 11.8 Å². The Bertz CT molecular complexity index is 734. The molecule has 3 rings (SSSR count). The van der Waals surface area contributed by atoms with Crippen LogP contribution in [0.3, 0.4) is 0 Å². The molecule has 0 N–H and O–H groups in total. The molecular formula is C18H22N4O3. The Labute approximate surface area is 146 Å². The van der Waals surface area contributed by atoms with Crippen molar-refractivity contribution in [3.05, 3.63) is 41.7 Å². The lowest BCUT2D eigenvalue weighted by Crippen LogP contribution is -2.35. The van der Waals surface area contributed by atoms with Gasteiger partial charge < -0.3 is 9.64 Å². The molecule has 1 aliphatic rings. The molecule has 1 amide bonds. The summed E-state index contributed by atoms with van der Waals surface area (Å²) in [6, 6.07) is 9.32. The molecule has 2 aromatic rings. The highest BCUT2D eigenvalue weighted by atomic mass is 16.5. The van der Waals surface area contributed by atoms with Crippen molar-refractivity contribution >= 4 is 11.9 Å². The zero-order valence-electron chi connectivity index (χ0n) is 14.4. The van der Waals surface area contributed by atoms with Gasteiger partial charge >= 0.3 is 5.97 Å². The highest BCUT2D eigenvalue weighted by Crippen LogP contribution is 2.11. The number of benzene rings is 1. The van der Waals surface area contributed by atoms with Gasteiger partial charge in [-0.1, -0.05) is 31.0 Å².